The van der Waals surface area contributed by atoms with Crippen LogP contribution in [0.15, 0.2) is 48.8 Å². The van der Waals surface area contributed by atoms with Crippen LogP contribution in [-0.2, 0) is 17.6 Å². The number of hydrogen-bond donors (Lipinski definition) is 2. The van der Waals surface area contributed by atoms with Gasteiger partial charge in [-0.15, -0.1) is 10.2 Å². The first kappa shape index (κ1) is 14.6. The molecular weight excluding hydrogens is 302 g/mol. The predicted molar refractivity (Wildman–Crippen MR) is 90.2 cm³/mol. The van der Waals surface area contributed by atoms with E-state index in [0.29, 0.717) is 11.8 Å². The molecule has 0 bridgehead atoms. The first-order valence-corrected chi connectivity index (χ1v) is 8.00. The molecule has 0 aliphatic heterocycles. The van der Waals surface area contributed by atoms with Gasteiger partial charge in [0.2, 0.25) is 11.9 Å². The number of benzene rings is 1. The van der Waals surface area contributed by atoms with Crippen LogP contribution in [0.5, 0.6) is 0 Å². The maximum Gasteiger partial charge on any atom is 0.230 e. The lowest BCUT2D eigenvalue weighted by atomic mass is 9.83. The summed E-state index contributed by atoms with van der Waals surface area (Å²) in [6, 6.07) is 12.0. The Hall–Kier alpha value is -3.02. The van der Waals surface area contributed by atoms with Crippen molar-refractivity contribution in [2.24, 2.45) is 5.92 Å². The van der Waals surface area contributed by atoms with E-state index in [-0.39, 0.29) is 11.8 Å². The monoisotopic (exact) mass is 319 g/mol. The average molecular weight is 319 g/mol. The summed E-state index contributed by atoms with van der Waals surface area (Å²) in [5.74, 6) is 0.948. The molecular formula is C18H17N5O. The maximum absolute atomic E-state index is 12.5. The number of aryl methyl sites for hydroxylation is 1. The fourth-order valence-corrected chi connectivity index (χ4v) is 3.10. The van der Waals surface area contributed by atoms with Crippen molar-refractivity contribution in [3.63, 3.8) is 0 Å². The van der Waals surface area contributed by atoms with Gasteiger partial charge in [0.1, 0.15) is 0 Å². The number of H-pyrrole nitrogens is 1. The molecule has 0 saturated heterocycles. The Bertz CT molecular complexity index is 859. The first-order valence-electron chi connectivity index (χ1n) is 8.00. The SMILES string of the molecule is O=C(Nc1nnc(-c2ccncc2)[nH]1)C1CCc2ccccc2C1. The molecule has 3 aromatic rings. The number of anilines is 1. The number of hydrogen-bond acceptors (Lipinski definition) is 4. The minimum Gasteiger partial charge on any atom is -0.307 e. The Labute approximate surface area is 139 Å². The van der Waals surface area contributed by atoms with Crippen molar-refractivity contribution < 1.29 is 4.79 Å². The molecule has 4 rings (SSSR count). The van der Waals surface area contributed by atoms with Crippen LogP contribution >= 0.6 is 0 Å². The minimum atomic E-state index is -0.0330. The molecule has 0 spiro atoms. The fourth-order valence-electron chi connectivity index (χ4n) is 3.10. The van der Waals surface area contributed by atoms with Gasteiger partial charge in [-0.25, -0.2) is 0 Å². The average Bonchev–Trinajstić information content (AvgIpc) is 3.10. The van der Waals surface area contributed by atoms with Gasteiger partial charge in [0.05, 0.1) is 0 Å². The number of nitrogens with one attached hydrogen (secondary N) is 2. The Morgan fingerprint density at radius 2 is 1.88 bits per heavy atom. The first-order chi connectivity index (χ1) is 11.8. The van der Waals surface area contributed by atoms with Crippen LogP contribution in [0.1, 0.15) is 17.5 Å². The highest BCUT2D eigenvalue weighted by Gasteiger charge is 2.25. The van der Waals surface area contributed by atoms with Gasteiger partial charge < -0.3 is 4.98 Å². The third-order valence-electron chi connectivity index (χ3n) is 4.40. The van der Waals surface area contributed by atoms with Crippen molar-refractivity contribution in [2.75, 3.05) is 5.32 Å². The number of amides is 1. The van der Waals surface area contributed by atoms with Gasteiger partial charge in [-0.3, -0.25) is 15.1 Å². The quantitative estimate of drug-likeness (QED) is 0.777. The zero-order chi connectivity index (χ0) is 16.4. The number of pyridine rings is 1. The second-order valence-electron chi connectivity index (χ2n) is 5.96. The Morgan fingerprint density at radius 3 is 2.71 bits per heavy atom. The van der Waals surface area contributed by atoms with E-state index in [1.54, 1.807) is 12.4 Å². The standard InChI is InChI=1S/C18H17N5O/c24-17(15-6-5-12-3-1-2-4-14(12)11-15)21-18-20-16(22-23-18)13-7-9-19-10-8-13/h1-4,7-10,15H,5-6,11H2,(H2,20,21,22,23,24). The lowest BCUT2D eigenvalue weighted by Crippen LogP contribution is -2.28. The molecule has 1 aliphatic rings. The number of rotatable bonds is 3. The summed E-state index contributed by atoms with van der Waals surface area (Å²) in [5, 5.41) is 10.9. The number of fused-ring (bicyclic) bond motifs is 1. The molecule has 2 aromatic heterocycles. The van der Waals surface area contributed by atoms with Crippen molar-refractivity contribution in [1.29, 1.82) is 0 Å². The van der Waals surface area contributed by atoms with E-state index in [4.69, 9.17) is 0 Å². The van der Waals surface area contributed by atoms with E-state index in [2.05, 4.69) is 37.6 Å². The smallest absolute Gasteiger partial charge is 0.230 e. The topological polar surface area (TPSA) is 83.6 Å². The third-order valence-corrected chi connectivity index (χ3v) is 4.40. The second-order valence-corrected chi connectivity index (χ2v) is 5.96. The highest BCUT2D eigenvalue weighted by atomic mass is 16.2. The molecule has 1 unspecified atom stereocenters. The highest BCUT2D eigenvalue weighted by molar-refractivity contribution is 5.91. The molecule has 1 aliphatic carbocycles. The molecule has 2 heterocycles. The summed E-state index contributed by atoms with van der Waals surface area (Å²) in [6.45, 7) is 0. The van der Waals surface area contributed by atoms with E-state index in [9.17, 15) is 4.79 Å². The number of nitrogens with zero attached hydrogens (tertiary/aromatic N) is 3. The van der Waals surface area contributed by atoms with Crippen molar-refractivity contribution in [3.05, 3.63) is 59.9 Å². The Morgan fingerprint density at radius 1 is 1.08 bits per heavy atom. The van der Waals surface area contributed by atoms with Gasteiger partial charge >= 0.3 is 0 Å². The molecule has 6 nitrogen and oxygen atoms in total. The zero-order valence-corrected chi connectivity index (χ0v) is 13.1. The Kier molecular flexibility index (Phi) is 3.78. The van der Waals surface area contributed by atoms with E-state index in [0.717, 1.165) is 24.8 Å². The van der Waals surface area contributed by atoms with Crippen LogP contribution < -0.4 is 5.32 Å². The van der Waals surface area contributed by atoms with E-state index in [1.165, 1.54) is 11.1 Å². The van der Waals surface area contributed by atoms with Gasteiger partial charge in [0, 0.05) is 23.9 Å². The zero-order valence-electron chi connectivity index (χ0n) is 13.1. The molecule has 2 N–H and O–H groups in total. The van der Waals surface area contributed by atoms with Gasteiger partial charge in [-0.05, 0) is 42.5 Å². The molecule has 1 amide bonds. The Balaban J connectivity index is 1.45. The van der Waals surface area contributed by atoms with E-state index in [1.807, 2.05) is 24.3 Å². The van der Waals surface area contributed by atoms with Crippen LogP contribution in [-0.4, -0.2) is 26.1 Å². The number of carbonyl (C=O) groups excluding carboxylic acids is 1. The van der Waals surface area contributed by atoms with Gasteiger partial charge in [-0.2, -0.15) is 0 Å². The van der Waals surface area contributed by atoms with E-state index >= 15 is 0 Å². The maximum atomic E-state index is 12.5. The lowest BCUT2D eigenvalue weighted by Gasteiger charge is -2.23. The van der Waals surface area contributed by atoms with Gasteiger partial charge in [0.15, 0.2) is 5.82 Å². The van der Waals surface area contributed by atoms with Crippen LogP contribution in [0.3, 0.4) is 0 Å². The largest absolute Gasteiger partial charge is 0.307 e. The molecule has 0 radical (unpaired) electrons. The minimum absolute atomic E-state index is 0.0121. The summed E-state index contributed by atoms with van der Waals surface area (Å²) in [6.07, 6.45) is 5.94. The number of carbonyl (C=O) groups is 1. The number of aromatic nitrogens is 4. The predicted octanol–water partition coefficient (Wildman–Crippen LogP) is 2.61. The van der Waals surface area contributed by atoms with E-state index < -0.39 is 0 Å². The summed E-state index contributed by atoms with van der Waals surface area (Å²) in [5.41, 5.74) is 3.49. The molecule has 0 fully saturated rings. The summed E-state index contributed by atoms with van der Waals surface area (Å²) in [4.78, 5) is 19.5. The van der Waals surface area contributed by atoms with Crippen molar-refractivity contribution in [1.82, 2.24) is 20.2 Å². The molecule has 1 atom stereocenters. The fraction of sp³-hybridized carbons (Fsp3) is 0.222. The molecule has 24 heavy (non-hydrogen) atoms. The highest BCUT2D eigenvalue weighted by Crippen LogP contribution is 2.26. The normalized spacial score (nSPS) is 16.4. The van der Waals surface area contributed by atoms with Crippen molar-refractivity contribution >= 4 is 11.9 Å². The van der Waals surface area contributed by atoms with Crippen molar-refractivity contribution in [3.8, 4) is 11.4 Å². The number of aromatic amines is 1. The molecule has 120 valence electrons. The summed E-state index contributed by atoms with van der Waals surface area (Å²) < 4.78 is 0. The third kappa shape index (κ3) is 2.90. The van der Waals surface area contributed by atoms with Crippen LogP contribution in [0.2, 0.25) is 0 Å². The van der Waals surface area contributed by atoms with Crippen LogP contribution in [0.25, 0.3) is 11.4 Å². The van der Waals surface area contributed by atoms with Crippen LogP contribution in [0, 0.1) is 5.92 Å². The van der Waals surface area contributed by atoms with Gasteiger partial charge in [0.25, 0.3) is 0 Å². The second kappa shape index (κ2) is 6.23. The molecule has 1 aromatic carbocycles. The lowest BCUT2D eigenvalue weighted by molar-refractivity contribution is -0.120. The van der Waals surface area contributed by atoms with Crippen molar-refractivity contribution in [2.45, 2.75) is 19.3 Å². The summed E-state index contributed by atoms with van der Waals surface area (Å²) >= 11 is 0. The van der Waals surface area contributed by atoms with Gasteiger partial charge in [-0.1, -0.05) is 24.3 Å². The van der Waals surface area contributed by atoms with Crippen LogP contribution in [0.4, 0.5) is 5.95 Å². The molecule has 6 heteroatoms. The summed E-state index contributed by atoms with van der Waals surface area (Å²) in [7, 11) is 0. The molecule has 0 saturated carbocycles.